The molecule has 0 heterocycles. The molecule has 0 fully saturated rings. The number of esters is 2. The van der Waals surface area contributed by atoms with Gasteiger partial charge in [0.25, 0.3) is 0 Å². The number of carboxylic acid groups (broad SMARTS) is 1. The topological polar surface area (TPSA) is 172 Å². The number of ether oxygens (including phenoxy) is 2. The number of carbonyl (C=O) groups excluding carboxylic acids is 2. The van der Waals surface area contributed by atoms with Crippen molar-refractivity contribution in [2.45, 2.75) is 180 Å². The summed E-state index contributed by atoms with van der Waals surface area (Å²) in [6.07, 6.45) is 56.1. The van der Waals surface area contributed by atoms with Gasteiger partial charge in [-0.15, -0.1) is 0 Å². The van der Waals surface area contributed by atoms with Gasteiger partial charge in [-0.2, -0.15) is 0 Å². The molecule has 0 saturated heterocycles. The number of carboxylic acids is 1. The quantitative estimate of drug-likeness (QED) is 0.0230. The van der Waals surface area contributed by atoms with Crippen LogP contribution in [0.4, 0.5) is 0 Å². The van der Waals surface area contributed by atoms with Crippen LogP contribution in [0.2, 0.25) is 0 Å². The number of allylic oxidation sites excluding steroid dienone is 16. The monoisotopic (exact) mass is 888 g/mol. The minimum Gasteiger partial charge on any atom is -0.480 e. The number of phosphoric acid groups is 1. The SMILES string of the molecule is CC/C=C\C/C=C\C/C=C\C/C=C\C/C=C\CCCCCC(=O)OC(COC(=O)CCCCCCCC/C=C\C/C=C\C/C=C\CCCCC)COP(=O)(O)OCC(N)C(=O)O. The van der Waals surface area contributed by atoms with E-state index < -0.39 is 51.1 Å². The fraction of sp³-hybridized carbons (Fsp3) is 0.620. The van der Waals surface area contributed by atoms with E-state index in [0.29, 0.717) is 12.8 Å². The molecule has 352 valence electrons. The molecule has 0 aromatic heterocycles. The lowest BCUT2D eigenvalue weighted by atomic mass is 10.1. The third-order valence-electron chi connectivity index (χ3n) is 9.32. The van der Waals surface area contributed by atoms with Crippen LogP contribution in [0.3, 0.4) is 0 Å². The maximum Gasteiger partial charge on any atom is 0.472 e. The Morgan fingerprint density at radius 3 is 1.37 bits per heavy atom. The van der Waals surface area contributed by atoms with Crippen molar-refractivity contribution in [3.05, 3.63) is 97.2 Å². The van der Waals surface area contributed by atoms with Gasteiger partial charge in [-0.3, -0.25) is 23.4 Å². The van der Waals surface area contributed by atoms with E-state index >= 15 is 0 Å². The summed E-state index contributed by atoms with van der Waals surface area (Å²) in [5, 5.41) is 8.91. The van der Waals surface area contributed by atoms with Crippen LogP contribution in [0.15, 0.2) is 97.2 Å². The van der Waals surface area contributed by atoms with Crippen molar-refractivity contribution in [2.75, 3.05) is 19.8 Å². The molecule has 0 aliphatic rings. The molecule has 0 aliphatic carbocycles. The van der Waals surface area contributed by atoms with Crippen molar-refractivity contribution >= 4 is 25.7 Å². The first-order valence-corrected chi connectivity index (χ1v) is 24.8. The van der Waals surface area contributed by atoms with Crippen LogP contribution in [-0.2, 0) is 37.5 Å². The predicted octanol–water partition coefficient (Wildman–Crippen LogP) is 12.8. The fourth-order valence-corrected chi connectivity index (χ4v) is 6.46. The summed E-state index contributed by atoms with van der Waals surface area (Å²) in [6.45, 7) is 2.60. The number of aliphatic carboxylic acids is 1. The third-order valence-corrected chi connectivity index (χ3v) is 10.3. The zero-order valence-corrected chi connectivity index (χ0v) is 39.1. The molecule has 12 heteroatoms. The standard InChI is InChI=1S/C50H82NO10P/c1-3-5-7-9-11-13-15-17-19-21-23-25-27-29-31-33-35-37-39-41-48(52)58-43-46(44-59-62(56,57)60-45-47(51)50(54)55)61-49(53)42-40-38-36-34-32-30-28-26-24-22-20-18-16-14-12-10-8-6-4-2/h6,8,11-14,17-20,23-26,30,32,46-47H,3-5,7,9-10,15-16,21-22,27-29,31,33-45,51H2,1-2H3,(H,54,55)(H,56,57)/b8-6-,13-11-,14-12-,19-17-,20-18-,25-23-,26-24-,32-30-. The zero-order chi connectivity index (χ0) is 45.6. The van der Waals surface area contributed by atoms with Crippen LogP contribution in [0.1, 0.15) is 168 Å². The second-order valence-electron chi connectivity index (χ2n) is 15.1. The van der Waals surface area contributed by atoms with Crippen molar-refractivity contribution < 1.29 is 47.5 Å². The predicted molar refractivity (Wildman–Crippen MR) is 253 cm³/mol. The highest BCUT2D eigenvalue weighted by atomic mass is 31.2. The van der Waals surface area contributed by atoms with Gasteiger partial charge in [-0.1, -0.05) is 156 Å². The minimum absolute atomic E-state index is 0.113. The molecule has 0 bridgehead atoms. The van der Waals surface area contributed by atoms with E-state index in [1.807, 2.05) is 0 Å². The molecule has 3 unspecified atom stereocenters. The zero-order valence-electron chi connectivity index (χ0n) is 38.2. The first kappa shape index (κ1) is 58.4. The van der Waals surface area contributed by atoms with Gasteiger partial charge >= 0.3 is 25.7 Å². The maximum atomic E-state index is 12.7. The Morgan fingerprint density at radius 2 is 0.903 bits per heavy atom. The lowest BCUT2D eigenvalue weighted by Crippen LogP contribution is -2.34. The molecule has 0 amide bonds. The van der Waals surface area contributed by atoms with Crippen LogP contribution in [0.25, 0.3) is 0 Å². The van der Waals surface area contributed by atoms with E-state index in [4.69, 9.17) is 24.8 Å². The molecular formula is C50H82NO10P. The number of rotatable bonds is 42. The minimum atomic E-state index is -4.74. The molecule has 0 aromatic carbocycles. The summed E-state index contributed by atoms with van der Waals surface area (Å²) in [7, 11) is -4.74. The Bertz CT molecular complexity index is 1410. The van der Waals surface area contributed by atoms with Crippen LogP contribution in [-0.4, -0.2) is 59.9 Å². The molecule has 11 nitrogen and oxygen atoms in total. The number of phosphoric ester groups is 1. The van der Waals surface area contributed by atoms with Gasteiger partial charge in [0.2, 0.25) is 0 Å². The van der Waals surface area contributed by atoms with E-state index in [1.165, 1.54) is 25.7 Å². The summed E-state index contributed by atoms with van der Waals surface area (Å²) >= 11 is 0. The van der Waals surface area contributed by atoms with Crippen LogP contribution in [0.5, 0.6) is 0 Å². The number of hydrogen-bond donors (Lipinski definition) is 3. The Hall–Kier alpha value is -3.60. The summed E-state index contributed by atoms with van der Waals surface area (Å²) in [5.41, 5.74) is 5.34. The summed E-state index contributed by atoms with van der Waals surface area (Å²) in [6, 6.07) is -1.54. The van der Waals surface area contributed by atoms with E-state index in [9.17, 15) is 23.8 Å². The molecule has 0 spiro atoms. The number of carbonyl (C=O) groups is 3. The third kappa shape index (κ3) is 43.1. The van der Waals surface area contributed by atoms with Gasteiger partial charge in [-0.05, 0) is 96.3 Å². The molecule has 0 aliphatic heterocycles. The maximum absolute atomic E-state index is 12.7. The van der Waals surface area contributed by atoms with Gasteiger partial charge in [0.1, 0.15) is 12.6 Å². The van der Waals surface area contributed by atoms with Crippen LogP contribution < -0.4 is 5.73 Å². The number of hydrogen-bond acceptors (Lipinski definition) is 9. The first-order chi connectivity index (χ1) is 30.1. The van der Waals surface area contributed by atoms with Crippen molar-refractivity contribution in [1.29, 1.82) is 0 Å². The van der Waals surface area contributed by atoms with Gasteiger partial charge in [0.05, 0.1) is 13.2 Å². The second-order valence-corrected chi connectivity index (χ2v) is 16.6. The summed E-state index contributed by atoms with van der Waals surface area (Å²) in [5.74, 6) is -2.45. The number of unbranched alkanes of at least 4 members (excludes halogenated alkanes) is 12. The first-order valence-electron chi connectivity index (χ1n) is 23.3. The van der Waals surface area contributed by atoms with E-state index in [1.54, 1.807) is 0 Å². The molecule has 0 aromatic rings. The van der Waals surface area contributed by atoms with E-state index in [0.717, 1.165) is 103 Å². The van der Waals surface area contributed by atoms with Gasteiger partial charge in [0.15, 0.2) is 6.10 Å². The summed E-state index contributed by atoms with van der Waals surface area (Å²) in [4.78, 5) is 46.1. The Balaban J connectivity index is 4.43. The lowest BCUT2D eigenvalue weighted by molar-refractivity contribution is -0.161. The second kappa shape index (κ2) is 44.0. The normalized spacial score (nSPS) is 14.5. The number of nitrogens with two attached hydrogens (primary N) is 1. The Morgan fingerprint density at radius 1 is 0.516 bits per heavy atom. The summed E-state index contributed by atoms with van der Waals surface area (Å²) < 4.78 is 32.7. The van der Waals surface area contributed by atoms with Crippen molar-refractivity contribution in [1.82, 2.24) is 0 Å². The van der Waals surface area contributed by atoms with Gasteiger partial charge < -0.3 is 25.2 Å². The van der Waals surface area contributed by atoms with Crippen molar-refractivity contribution in [3.8, 4) is 0 Å². The van der Waals surface area contributed by atoms with Crippen LogP contribution >= 0.6 is 7.82 Å². The average molecular weight is 888 g/mol. The highest BCUT2D eigenvalue weighted by Crippen LogP contribution is 2.43. The van der Waals surface area contributed by atoms with E-state index in [-0.39, 0.29) is 19.4 Å². The molecule has 4 N–H and O–H groups in total. The largest absolute Gasteiger partial charge is 0.480 e. The molecule has 3 atom stereocenters. The molecule has 0 saturated carbocycles. The van der Waals surface area contributed by atoms with Crippen molar-refractivity contribution in [3.63, 3.8) is 0 Å². The van der Waals surface area contributed by atoms with Gasteiger partial charge in [0, 0.05) is 12.8 Å². The molecule has 0 rings (SSSR count). The molecular weight excluding hydrogens is 806 g/mol. The Labute approximate surface area is 375 Å². The molecule has 0 radical (unpaired) electrons. The van der Waals surface area contributed by atoms with Crippen LogP contribution in [0, 0.1) is 0 Å². The fourth-order valence-electron chi connectivity index (χ4n) is 5.68. The smallest absolute Gasteiger partial charge is 0.472 e. The highest BCUT2D eigenvalue weighted by molar-refractivity contribution is 7.47. The lowest BCUT2D eigenvalue weighted by Gasteiger charge is -2.20. The van der Waals surface area contributed by atoms with Gasteiger partial charge in [-0.25, -0.2) is 4.57 Å². The highest BCUT2D eigenvalue weighted by Gasteiger charge is 2.28. The van der Waals surface area contributed by atoms with Crippen molar-refractivity contribution in [2.24, 2.45) is 5.73 Å². The molecule has 62 heavy (non-hydrogen) atoms. The Kier molecular flexibility index (Phi) is 41.5. The van der Waals surface area contributed by atoms with E-state index in [2.05, 4.69) is 116 Å². The average Bonchev–Trinajstić information content (AvgIpc) is 3.25.